The number of hydrogen-bond acceptors (Lipinski definition) is 4. The number of hydrogen-bond donors (Lipinski definition) is 0. The van der Waals surface area contributed by atoms with Crippen LogP contribution in [0.5, 0.6) is 0 Å². The number of ether oxygens (including phenoxy) is 1. The molecular weight excluding hydrogens is 212 g/mol. The topological polar surface area (TPSA) is 42.4 Å². The fraction of sp³-hybridized carbons (Fsp3) is 0.600. The van der Waals surface area contributed by atoms with Crippen LogP contribution in [-0.4, -0.2) is 41.1 Å². The minimum absolute atomic E-state index is 0.0690. The van der Waals surface area contributed by atoms with E-state index in [4.69, 9.17) is 4.74 Å². The maximum atomic E-state index is 12.0. The van der Waals surface area contributed by atoms with E-state index in [0.717, 1.165) is 0 Å². The van der Waals surface area contributed by atoms with Crippen LogP contribution >= 0.6 is 11.3 Å². The Bertz CT molecular complexity index is 329. The van der Waals surface area contributed by atoms with Crippen LogP contribution < -0.4 is 0 Å². The summed E-state index contributed by atoms with van der Waals surface area (Å²) in [4.78, 5) is 18.5. The Balaban J connectivity index is 2.07. The fourth-order valence-corrected chi connectivity index (χ4v) is 2.41. The Morgan fingerprint density at radius 3 is 2.73 bits per heavy atom. The molecule has 1 fully saturated rings. The highest BCUT2D eigenvalue weighted by Gasteiger charge is 2.26. The third-order valence-electron chi connectivity index (χ3n) is 2.35. The lowest BCUT2D eigenvalue weighted by Crippen LogP contribution is -2.48. The molecular formula is C10H14N2O2S. The third kappa shape index (κ3) is 2.35. The number of morpholine rings is 1. The standard InChI is InChI=1S/C10H14N2O2S/c1-7-4-12(5-8(2)14-7)10(13)9-3-11-6-15-9/h3,6-8H,4-5H2,1-2H3. The molecule has 1 aromatic heterocycles. The van der Waals surface area contributed by atoms with Gasteiger partial charge in [-0.3, -0.25) is 9.78 Å². The molecule has 15 heavy (non-hydrogen) atoms. The molecule has 0 aromatic carbocycles. The molecule has 2 unspecified atom stereocenters. The zero-order valence-electron chi connectivity index (χ0n) is 8.84. The predicted octanol–water partition coefficient (Wildman–Crippen LogP) is 1.39. The minimum Gasteiger partial charge on any atom is -0.372 e. The first-order chi connectivity index (χ1) is 7.16. The van der Waals surface area contributed by atoms with Crippen molar-refractivity contribution in [3.8, 4) is 0 Å². The van der Waals surface area contributed by atoms with Gasteiger partial charge in [0.1, 0.15) is 4.88 Å². The van der Waals surface area contributed by atoms with E-state index in [1.54, 1.807) is 11.7 Å². The van der Waals surface area contributed by atoms with E-state index in [9.17, 15) is 4.79 Å². The molecule has 0 spiro atoms. The minimum atomic E-state index is 0.0690. The van der Waals surface area contributed by atoms with Crippen LogP contribution in [0.25, 0.3) is 0 Å². The van der Waals surface area contributed by atoms with Crippen molar-refractivity contribution in [2.45, 2.75) is 26.1 Å². The molecule has 1 amide bonds. The van der Waals surface area contributed by atoms with E-state index >= 15 is 0 Å². The van der Waals surface area contributed by atoms with Gasteiger partial charge in [0.15, 0.2) is 0 Å². The Hall–Kier alpha value is -0.940. The smallest absolute Gasteiger partial charge is 0.265 e. The molecule has 5 heteroatoms. The molecule has 1 aliphatic heterocycles. The second kappa shape index (κ2) is 4.28. The lowest BCUT2D eigenvalue weighted by Gasteiger charge is -2.34. The Labute approximate surface area is 92.9 Å². The first kappa shape index (κ1) is 10.6. The van der Waals surface area contributed by atoms with Gasteiger partial charge in [0, 0.05) is 13.1 Å². The SMILES string of the molecule is CC1CN(C(=O)c2cncs2)CC(C)O1. The summed E-state index contributed by atoms with van der Waals surface area (Å²) in [5.74, 6) is 0.0690. The zero-order chi connectivity index (χ0) is 10.8. The lowest BCUT2D eigenvalue weighted by molar-refractivity contribution is -0.0585. The Morgan fingerprint density at radius 1 is 1.53 bits per heavy atom. The van der Waals surface area contributed by atoms with Crippen LogP contribution in [0.1, 0.15) is 23.5 Å². The predicted molar refractivity (Wildman–Crippen MR) is 58.0 cm³/mol. The lowest BCUT2D eigenvalue weighted by atomic mass is 10.2. The maximum absolute atomic E-state index is 12.0. The molecule has 0 bridgehead atoms. The van der Waals surface area contributed by atoms with Gasteiger partial charge in [0.2, 0.25) is 0 Å². The van der Waals surface area contributed by atoms with Crippen molar-refractivity contribution in [1.29, 1.82) is 0 Å². The second-order valence-electron chi connectivity index (χ2n) is 3.83. The summed E-state index contributed by atoms with van der Waals surface area (Å²) in [6.45, 7) is 5.31. The average molecular weight is 226 g/mol. The fourth-order valence-electron chi connectivity index (χ4n) is 1.82. The summed E-state index contributed by atoms with van der Waals surface area (Å²) in [6.07, 6.45) is 1.86. The van der Waals surface area contributed by atoms with Gasteiger partial charge >= 0.3 is 0 Å². The van der Waals surface area contributed by atoms with Gasteiger partial charge in [0.25, 0.3) is 5.91 Å². The highest BCUT2D eigenvalue weighted by Crippen LogP contribution is 2.15. The van der Waals surface area contributed by atoms with Gasteiger partial charge in [-0.2, -0.15) is 0 Å². The van der Waals surface area contributed by atoms with Crippen molar-refractivity contribution in [3.63, 3.8) is 0 Å². The molecule has 2 rings (SSSR count). The van der Waals surface area contributed by atoms with Gasteiger partial charge in [-0.15, -0.1) is 11.3 Å². The van der Waals surface area contributed by atoms with Crippen molar-refractivity contribution in [1.82, 2.24) is 9.88 Å². The monoisotopic (exact) mass is 226 g/mol. The van der Waals surface area contributed by atoms with Crippen LogP contribution in [0.2, 0.25) is 0 Å². The molecule has 4 nitrogen and oxygen atoms in total. The van der Waals surface area contributed by atoms with Gasteiger partial charge in [-0.25, -0.2) is 0 Å². The number of thiazole rings is 1. The van der Waals surface area contributed by atoms with Crippen LogP contribution in [0.3, 0.4) is 0 Å². The number of carbonyl (C=O) groups is 1. The Kier molecular flexibility index (Phi) is 3.02. The first-order valence-electron chi connectivity index (χ1n) is 5.00. The van der Waals surface area contributed by atoms with Crippen molar-refractivity contribution in [2.75, 3.05) is 13.1 Å². The molecule has 82 valence electrons. The van der Waals surface area contributed by atoms with E-state index in [2.05, 4.69) is 4.98 Å². The number of nitrogens with zero attached hydrogens (tertiary/aromatic N) is 2. The van der Waals surface area contributed by atoms with E-state index in [-0.39, 0.29) is 18.1 Å². The van der Waals surface area contributed by atoms with Gasteiger partial charge in [-0.05, 0) is 13.8 Å². The molecule has 2 atom stereocenters. The summed E-state index contributed by atoms with van der Waals surface area (Å²) in [5.41, 5.74) is 1.68. The number of carbonyl (C=O) groups excluding carboxylic acids is 1. The first-order valence-corrected chi connectivity index (χ1v) is 5.88. The molecule has 1 saturated heterocycles. The van der Waals surface area contributed by atoms with Crippen LogP contribution in [0, 0.1) is 0 Å². The molecule has 0 saturated carbocycles. The van der Waals surface area contributed by atoms with Gasteiger partial charge in [0.05, 0.1) is 23.9 Å². The number of amides is 1. The average Bonchev–Trinajstić information content (AvgIpc) is 2.67. The van der Waals surface area contributed by atoms with E-state index in [1.807, 2.05) is 18.7 Å². The molecule has 0 radical (unpaired) electrons. The second-order valence-corrected chi connectivity index (χ2v) is 4.72. The third-order valence-corrected chi connectivity index (χ3v) is 3.11. The normalized spacial score (nSPS) is 26.7. The summed E-state index contributed by atoms with van der Waals surface area (Å²) < 4.78 is 5.58. The molecule has 1 aromatic rings. The molecule has 2 heterocycles. The summed E-state index contributed by atoms with van der Waals surface area (Å²) in [5, 5.41) is 0. The van der Waals surface area contributed by atoms with Crippen molar-refractivity contribution in [2.24, 2.45) is 0 Å². The largest absolute Gasteiger partial charge is 0.372 e. The quantitative estimate of drug-likeness (QED) is 0.726. The van der Waals surface area contributed by atoms with E-state index in [1.165, 1.54) is 11.3 Å². The van der Waals surface area contributed by atoms with Gasteiger partial charge in [-0.1, -0.05) is 0 Å². The maximum Gasteiger partial charge on any atom is 0.265 e. The zero-order valence-corrected chi connectivity index (χ0v) is 9.66. The van der Waals surface area contributed by atoms with Crippen molar-refractivity contribution >= 4 is 17.2 Å². The molecule has 0 N–H and O–H groups in total. The highest BCUT2D eigenvalue weighted by atomic mass is 32.1. The van der Waals surface area contributed by atoms with Crippen LogP contribution in [0.4, 0.5) is 0 Å². The van der Waals surface area contributed by atoms with Crippen molar-refractivity contribution < 1.29 is 9.53 Å². The number of rotatable bonds is 1. The molecule has 1 aliphatic rings. The van der Waals surface area contributed by atoms with E-state index in [0.29, 0.717) is 18.0 Å². The van der Waals surface area contributed by atoms with E-state index < -0.39 is 0 Å². The summed E-state index contributed by atoms with van der Waals surface area (Å²) >= 11 is 1.38. The highest BCUT2D eigenvalue weighted by molar-refractivity contribution is 7.11. The van der Waals surface area contributed by atoms with Crippen molar-refractivity contribution in [3.05, 3.63) is 16.6 Å². The molecule has 0 aliphatic carbocycles. The number of aromatic nitrogens is 1. The van der Waals surface area contributed by atoms with Gasteiger partial charge < -0.3 is 9.64 Å². The summed E-state index contributed by atoms with van der Waals surface area (Å²) in [7, 11) is 0. The van der Waals surface area contributed by atoms with Crippen LogP contribution in [0.15, 0.2) is 11.7 Å². The summed E-state index contributed by atoms with van der Waals surface area (Å²) in [6, 6.07) is 0. The Morgan fingerprint density at radius 2 is 2.20 bits per heavy atom. The van der Waals surface area contributed by atoms with Crippen LogP contribution in [-0.2, 0) is 4.74 Å².